The number of benzene rings is 3. The molecule has 0 saturated heterocycles. The van der Waals surface area contributed by atoms with Crippen LogP contribution in [0.4, 0.5) is 4.39 Å². The summed E-state index contributed by atoms with van der Waals surface area (Å²) < 4.78 is 27.0. The molecule has 0 unspecified atom stereocenters. The number of nitrogens with zero attached hydrogens (tertiary/aromatic N) is 2. The normalized spacial score (nSPS) is 15.0. The van der Waals surface area contributed by atoms with Crippen LogP contribution in [0, 0.1) is 5.82 Å². The van der Waals surface area contributed by atoms with Crippen molar-refractivity contribution < 1.29 is 18.7 Å². The molecule has 1 aromatic heterocycles. The second-order valence-corrected chi connectivity index (χ2v) is 10.7. The molecule has 204 valence electrons. The Morgan fingerprint density at radius 1 is 1.07 bits per heavy atom. The summed E-state index contributed by atoms with van der Waals surface area (Å²) >= 11 is 13.8. The van der Waals surface area contributed by atoms with Gasteiger partial charge in [0.15, 0.2) is 4.80 Å². The number of fused-ring (bicyclic) bond motifs is 1. The Hall–Kier alpha value is -3.72. The number of rotatable bonds is 7. The van der Waals surface area contributed by atoms with E-state index in [9.17, 15) is 14.0 Å². The Kier molecular flexibility index (Phi) is 8.21. The molecule has 3 aromatic carbocycles. The number of aromatic nitrogens is 1. The van der Waals surface area contributed by atoms with E-state index in [4.69, 9.17) is 32.7 Å². The maximum atomic E-state index is 14.0. The minimum atomic E-state index is -0.785. The summed E-state index contributed by atoms with van der Waals surface area (Å²) in [4.78, 5) is 31.7. The van der Waals surface area contributed by atoms with Crippen molar-refractivity contribution in [3.8, 4) is 5.75 Å². The quantitative estimate of drug-likeness (QED) is 0.252. The van der Waals surface area contributed by atoms with Crippen LogP contribution in [-0.2, 0) is 16.1 Å². The second kappa shape index (κ2) is 11.8. The summed E-state index contributed by atoms with van der Waals surface area (Å²) in [5.74, 6) is -0.461. The van der Waals surface area contributed by atoms with Gasteiger partial charge in [0, 0.05) is 10.6 Å². The summed E-state index contributed by atoms with van der Waals surface area (Å²) in [5, 5.41) is 0.717. The first-order valence-electron chi connectivity index (χ1n) is 12.4. The first-order valence-corrected chi connectivity index (χ1v) is 14.0. The predicted octanol–water partition coefficient (Wildman–Crippen LogP) is 5.82. The molecular formula is C30H23Cl2FN2O4S. The van der Waals surface area contributed by atoms with Crippen molar-refractivity contribution in [1.29, 1.82) is 0 Å². The molecule has 0 aliphatic carbocycles. The molecule has 1 aliphatic rings. The average Bonchev–Trinajstić information content (AvgIpc) is 3.23. The van der Waals surface area contributed by atoms with Crippen molar-refractivity contribution in [1.82, 2.24) is 4.57 Å². The van der Waals surface area contributed by atoms with E-state index < -0.39 is 17.8 Å². The van der Waals surface area contributed by atoms with Gasteiger partial charge >= 0.3 is 5.97 Å². The van der Waals surface area contributed by atoms with E-state index in [0.717, 1.165) is 5.56 Å². The zero-order valence-electron chi connectivity index (χ0n) is 21.5. The monoisotopic (exact) mass is 596 g/mol. The molecule has 0 amide bonds. The van der Waals surface area contributed by atoms with Crippen molar-refractivity contribution >= 4 is 46.6 Å². The third-order valence-electron chi connectivity index (χ3n) is 6.34. The van der Waals surface area contributed by atoms with E-state index in [1.165, 1.54) is 28.0 Å². The highest BCUT2D eigenvalue weighted by Gasteiger charge is 2.34. The third-order valence-corrected chi connectivity index (χ3v) is 8.02. The number of allylic oxidation sites excluding steroid dienone is 1. The maximum Gasteiger partial charge on any atom is 0.338 e. The Morgan fingerprint density at radius 3 is 2.50 bits per heavy atom. The number of ether oxygens (including phenoxy) is 2. The fraction of sp³-hybridized carbons (Fsp3) is 0.167. The van der Waals surface area contributed by atoms with Crippen LogP contribution in [0.25, 0.3) is 6.08 Å². The van der Waals surface area contributed by atoms with Crippen LogP contribution in [0.1, 0.15) is 36.6 Å². The highest BCUT2D eigenvalue weighted by atomic mass is 35.5. The van der Waals surface area contributed by atoms with Crippen LogP contribution in [-0.4, -0.2) is 17.1 Å². The minimum Gasteiger partial charge on any atom is -0.489 e. The SMILES string of the molecule is CCOC(=O)C1=C(C)N=c2s/c(=C/c3ccc(OCc4c(F)cccc4Cl)cc3)c(=O)n2[C@H]1c1ccccc1Cl. The standard InChI is InChI=1S/C30H23Cl2FN2O4S/c1-3-38-29(37)26-17(2)34-30-35(27(26)20-7-4-5-8-22(20)31)28(36)25(40-30)15-18-11-13-19(14-12-18)39-16-21-23(32)9-6-10-24(21)33/h4-15,27H,3,16H2,1-2H3/b25-15+/t27-/m0/s1. The zero-order chi connectivity index (χ0) is 28.4. The van der Waals surface area contributed by atoms with Crippen molar-refractivity contribution in [2.75, 3.05) is 6.61 Å². The molecule has 5 rings (SSSR count). The van der Waals surface area contributed by atoms with Gasteiger partial charge in [-0.05, 0) is 61.4 Å². The highest BCUT2D eigenvalue weighted by Crippen LogP contribution is 2.34. The largest absolute Gasteiger partial charge is 0.489 e. The summed E-state index contributed by atoms with van der Waals surface area (Å²) in [7, 11) is 0. The summed E-state index contributed by atoms with van der Waals surface area (Å²) in [6.07, 6.45) is 1.74. The number of thiazole rings is 1. The van der Waals surface area contributed by atoms with E-state index in [1.54, 1.807) is 74.5 Å². The number of hydrogen-bond acceptors (Lipinski definition) is 6. The second-order valence-electron chi connectivity index (χ2n) is 8.88. The molecule has 1 aliphatic heterocycles. The van der Waals surface area contributed by atoms with Gasteiger partial charge < -0.3 is 9.47 Å². The van der Waals surface area contributed by atoms with Gasteiger partial charge in [0.25, 0.3) is 5.56 Å². The molecule has 0 bridgehead atoms. The lowest BCUT2D eigenvalue weighted by Gasteiger charge is -2.25. The topological polar surface area (TPSA) is 69.9 Å². The van der Waals surface area contributed by atoms with Gasteiger partial charge in [-0.25, -0.2) is 14.2 Å². The molecule has 4 aromatic rings. The Morgan fingerprint density at radius 2 is 1.80 bits per heavy atom. The summed E-state index contributed by atoms with van der Waals surface area (Å²) in [6.45, 7) is 3.61. The fourth-order valence-corrected chi connectivity index (χ4v) is 5.92. The first kappa shape index (κ1) is 27.8. The van der Waals surface area contributed by atoms with Crippen molar-refractivity contribution in [2.24, 2.45) is 4.99 Å². The van der Waals surface area contributed by atoms with Gasteiger partial charge in [-0.15, -0.1) is 0 Å². The van der Waals surface area contributed by atoms with Crippen LogP contribution in [0.5, 0.6) is 5.75 Å². The van der Waals surface area contributed by atoms with Gasteiger partial charge in [0.1, 0.15) is 24.2 Å². The lowest BCUT2D eigenvalue weighted by molar-refractivity contribution is -0.139. The van der Waals surface area contributed by atoms with Gasteiger partial charge in [-0.1, -0.05) is 70.9 Å². The highest BCUT2D eigenvalue weighted by molar-refractivity contribution is 7.07. The zero-order valence-corrected chi connectivity index (χ0v) is 23.8. The lowest BCUT2D eigenvalue weighted by Crippen LogP contribution is -2.40. The summed E-state index contributed by atoms with van der Waals surface area (Å²) in [6, 6.07) is 17.8. The summed E-state index contributed by atoms with van der Waals surface area (Å²) in [5.41, 5.74) is 2.05. The van der Waals surface area contributed by atoms with Crippen molar-refractivity contribution in [2.45, 2.75) is 26.5 Å². The molecule has 1 atom stereocenters. The Bertz CT molecular complexity index is 1790. The van der Waals surface area contributed by atoms with Crippen LogP contribution < -0.4 is 19.6 Å². The van der Waals surface area contributed by atoms with Gasteiger partial charge in [0.05, 0.1) is 27.4 Å². The average molecular weight is 597 g/mol. The molecular weight excluding hydrogens is 574 g/mol. The molecule has 0 fully saturated rings. The van der Waals surface area contributed by atoms with Crippen LogP contribution in [0.15, 0.2) is 87.8 Å². The molecule has 0 spiro atoms. The maximum absolute atomic E-state index is 14.0. The Labute approximate surface area is 243 Å². The number of esters is 1. The van der Waals surface area contributed by atoms with E-state index in [1.807, 2.05) is 0 Å². The van der Waals surface area contributed by atoms with Crippen molar-refractivity contribution in [3.63, 3.8) is 0 Å². The molecule has 6 nitrogen and oxygen atoms in total. The number of hydrogen-bond donors (Lipinski definition) is 0. The van der Waals surface area contributed by atoms with Crippen LogP contribution in [0.2, 0.25) is 10.0 Å². The van der Waals surface area contributed by atoms with Gasteiger partial charge in [0.2, 0.25) is 0 Å². The van der Waals surface area contributed by atoms with E-state index >= 15 is 0 Å². The minimum absolute atomic E-state index is 0.0202. The van der Waals surface area contributed by atoms with Crippen molar-refractivity contribution in [3.05, 3.63) is 130 Å². The van der Waals surface area contributed by atoms with E-state index in [2.05, 4.69) is 4.99 Å². The number of halogens is 3. The fourth-order valence-electron chi connectivity index (χ4n) is 4.42. The number of carbonyl (C=O) groups is 1. The molecule has 0 saturated carbocycles. The molecule has 0 radical (unpaired) electrons. The van der Waals surface area contributed by atoms with Gasteiger partial charge in [-0.2, -0.15) is 0 Å². The lowest BCUT2D eigenvalue weighted by atomic mass is 9.96. The molecule has 10 heteroatoms. The third kappa shape index (κ3) is 5.47. The molecule has 0 N–H and O–H groups in total. The molecule has 2 heterocycles. The Balaban J connectivity index is 1.50. The number of carbonyl (C=O) groups excluding carboxylic acids is 1. The van der Waals surface area contributed by atoms with Crippen LogP contribution >= 0.6 is 34.5 Å². The predicted molar refractivity (Wildman–Crippen MR) is 154 cm³/mol. The molecule has 40 heavy (non-hydrogen) atoms. The van der Waals surface area contributed by atoms with Crippen LogP contribution in [0.3, 0.4) is 0 Å². The smallest absolute Gasteiger partial charge is 0.338 e. The van der Waals surface area contributed by atoms with Gasteiger partial charge in [-0.3, -0.25) is 9.36 Å². The van der Waals surface area contributed by atoms with E-state index in [-0.39, 0.29) is 29.9 Å². The van der Waals surface area contributed by atoms with E-state index in [0.29, 0.717) is 36.4 Å². The first-order chi connectivity index (χ1) is 19.3.